The van der Waals surface area contributed by atoms with Crippen LogP contribution in [0.3, 0.4) is 0 Å². The van der Waals surface area contributed by atoms with Crippen LogP contribution in [0.5, 0.6) is 0 Å². The maximum Gasteiger partial charge on any atom is 0.262 e. The monoisotopic (exact) mass is 411 g/mol. The van der Waals surface area contributed by atoms with E-state index in [0.717, 1.165) is 23.3 Å². The molecule has 6 heteroatoms. The molecule has 6 nitrogen and oxygen atoms in total. The topological polar surface area (TPSA) is 88.6 Å². The number of hydrogen-bond donors (Lipinski definition) is 0. The van der Waals surface area contributed by atoms with Crippen LogP contribution < -0.4 is 0 Å². The minimum Gasteiger partial charge on any atom is -0.300 e. The van der Waals surface area contributed by atoms with Gasteiger partial charge in [-0.05, 0) is 37.0 Å². The summed E-state index contributed by atoms with van der Waals surface area (Å²) in [6.45, 7) is 2.16. The van der Waals surface area contributed by atoms with E-state index in [2.05, 4.69) is 6.92 Å². The van der Waals surface area contributed by atoms with E-state index in [1.165, 1.54) is 19.3 Å². The number of rotatable bonds is 10. The lowest BCUT2D eigenvalue weighted by atomic mass is 9.92. The van der Waals surface area contributed by atoms with Crippen LogP contribution >= 0.6 is 0 Å². The van der Waals surface area contributed by atoms with E-state index in [1.807, 2.05) is 0 Å². The zero-order chi connectivity index (χ0) is 21.7. The van der Waals surface area contributed by atoms with Crippen molar-refractivity contribution in [1.82, 2.24) is 4.90 Å². The molecule has 2 aliphatic rings. The highest BCUT2D eigenvalue weighted by Crippen LogP contribution is 2.30. The molecule has 2 amide bonds. The largest absolute Gasteiger partial charge is 0.300 e. The molecule has 0 radical (unpaired) electrons. The van der Waals surface area contributed by atoms with Gasteiger partial charge in [-0.1, -0.05) is 38.7 Å². The highest BCUT2D eigenvalue weighted by atomic mass is 16.2. The van der Waals surface area contributed by atoms with E-state index < -0.39 is 17.9 Å². The minimum absolute atomic E-state index is 0.148. The average molecular weight is 411 g/mol. The number of ketones is 3. The van der Waals surface area contributed by atoms with Gasteiger partial charge in [0, 0.05) is 19.3 Å². The van der Waals surface area contributed by atoms with Crippen molar-refractivity contribution in [2.24, 2.45) is 0 Å². The van der Waals surface area contributed by atoms with Crippen LogP contribution in [0.25, 0.3) is 0 Å². The molecule has 30 heavy (non-hydrogen) atoms. The van der Waals surface area contributed by atoms with E-state index in [-0.39, 0.29) is 47.7 Å². The van der Waals surface area contributed by atoms with Crippen molar-refractivity contribution in [3.8, 4) is 0 Å². The number of carbonyl (C=O) groups is 5. The van der Waals surface area contributed by atoms with Gasteiger partial charge < -0.3 is 0 Å². The van der Waals surface area contributed by atoms with Crippen LogP contribution in [0, 0.1) is 0 Å². The molecule has 1 heterocycles. The summed E-state index contributed by atoms with van der Waals surface area (Å²) in [5.74, 6) is -1.26. The van der Waals surface area contributed by atoms with E-state index in [9.17, 15) is 24.0 Å². The first-order chi connectivity index (χ1) is 14.4. The van der Waals surface area contributed by atoms with Crippen molar-refractivity contribution in [1.29, 1.82) is 0 Å². The van der Waals surface area contributed by atoms with Gasteiger partial charge in [0.05, 0.1) is 23.6 Å². The maximum absolute atomic E-state index is 12.9. The van der Waals surface area contributed by atoms with Gasteiger partial charge in [-0.2, -0.15) is 0 Å². The third kappa shape index (κ3) is 4.91. The van der Waals surface area contributed by atoms with E-state index in [1.54, 1.807) is 18.2 Å². The van der Waals surface area contributed by atoms with Gasteiger partial charge in [-0.25, -0.2) is 0 Å². The minimum atomic E-state index is -0.854. The van der Waals surface area contributed by atoms with Gasteiger partial charge in [0.2, 0.25) is 0 Å². The fourth-order valence-electron chi connectivity index (χ4n) is 4.21. The van der Waals surface area contributed by atoms with Crippen LogP contribution in [-0.2, 0) is 20.8 Å². The van der Waals surface area contributed by atoms with Gasteiger partial charge >= 0.3 is 0 Å². The molecule has 1 saturated carbocycles. The Morgan fingerprint density at radius 2 is 1.70 bits per heavy atom. The summed E-state index contributed by atoms with van der Waals surface area (Å²) in [5, 5.41) is 0. The summed E-state index contributed by atoms with van der Waals surface area (Å²) in [6, 6.07) is 4.20. The number of fused-ring (bicyclic) bond motifs is 1. The van der Waals surface area contributed by atoms with Crippen LogP contribution in [0.15, 0.2) is 18.2 Å². The molecule has 0 N–H and O–H groups in total. The maximum atomic E-state index is 12.9. The van der Waals surface area contributed by atoms with E-state index in [4.69, 9.17) is 0 Å². The number of carbonyl (C=O) groups excluding carboxylic acids is 5. The van der Waals surface area contributed by atoms with Crippen molar-refractivity contribution in [2.75, 3.05) is 0 Å². The molecule has 1 unspecified atom stereocenters. The lowest BCUT2D eigenvalue weighted by molar-refractivity contribution is -0.132. The van der Waals surface area contributed by atoms with E-state index >= 15 is 0 Å². The van der Waals surface area contributed by atoms with Crippen molar-refractivity contribution < 1.29 is 24.0 Å². The summed E-state index contributed by atoms with van der Waals surface area (Å²) in [5.41, 5.74) is 1.41. The van der Waals surface area contributed by atoms with Crippen molar-refractivity contribution in [3.63, 3.8) is 0 Å². The first kappa shape index (κ1) is 22.1. The smallest absolute Gasteiger partial charge is 0.262 e. The Labute approximate surface area is 177 Å². The molecular formula is C24H29NO5. The van der Waals surface area contributed by atoms with Crippen molar-refractivity contribution in [2.45, 2.75) is 83.6 Å². The fraction of sp³-hybridized carbons (Fsp3) is 0.542. The Morgan fingerprint density at radius 3 is 2.43 bits per heavy atom. The summed E-state index contributed by atoms with van der Waals surface area (Å²) in [7, 11) is 0. The first-order valence-electron chi connectivity index (χ1n) is 11.0. The second-order valence-corrected chi connectivity index (χ2v) is 8.30. The Balaban J connectivity index is 1.59. The number of hydrogen-bond acceptors (Lipinski definition) is 5. The molecule has 0 spiro atoms. The first-order valence-corrected chi connectivity index (χ1v) is 11.0. The highest BCUT2D eigenvalue weighted by molar-refractivity contribution is 6.23. The number of unbranched alkanes of at least 4 members (excludes halogenated alkanes) is 4. The van der Waals surface area contributed by atoms with Crippen LogP contribution in [0.4, 0.5) is 0 Å². The zero-order valence-electron chi connectivity index (χ0n) is 17.6. The molecule has 1 aromatic carbocycles. The summed E-state index contributed by atoms with van der Waals surface area (Å²) in [6.07, 6.45) is 7.26. The normalized spacial score (nSPS) is 18.8. The third-order valence-electron chi connectivity index (χ3n) is 5.99. The van der Waals surface area contributed by atoms with Gasteiger partial charge in [-0.15, -0.1) is 0 Å². The van der Waals surface area contributed by atoms with Crippen molar-refractivity contribution in [3.05, 3.63) is 34.9 Å². The molecule has 1 atom stereocenters. The lowest BCUT2D eigenvalue weighted by Crippen LogP contribution is -2.47. The van der Waals surface area contributed by atoms with Crippen LogP contribution in [0.2, 0.25) is 0 Å². The molecule has 0 aromatic heterocycles. The Kier molecular flexibility index (Phi) is 7.29. The van der Waals surface area contributed by atoms with Gasteiger partial charge in [0.15, 0.2) is 5.78 Å². The molecular weight excluding hydrogens is 382 g/mol. The van der Waals surface area contributed by atoms with Crippen LogP contribution in [-0.4, -0.2) is 40.1 Å². The molecule has 1 aromatic rings. The molecule has 3 rings (SSSR count). The molecule has 1 aliphatic carbocycles. The Morgan fingerprint density at radius 1 is 0.967 bits per heavy atom. The van der Waals surface area contributed by atoms with Gasteiger partial charge in [0.25, 0.3) is 11.8 Å². The highest BCUT2D eigenvalue weighted by Gasteiger charge is 2.44. The van der Waals surface area contributed by atoms with Crippen LogP contribution in [0.1, 0.15) is 97.4 Å². The molecule has 1 aliphatic heterocycles. The standard InChI is InChI=1S/C24H29NO5/c1-2-3-4-5-6-7-17(26)10-8-16-9-12-19-20(14-16)24(30)25(23(19)29)21-13-11-18(27)15-22(21)28/h9,12,14,21H,2-8,10-11,13,15H2,1H3. The fourth-order valence-corrected chi connectivity index (χ4v) is 4.21. The number of Topliss-reactive ketones (excluding diaryl/α,β-unsaturated/α-hetero) is 3. The number of nitrogens with zero attached hydrogens (tertiary/aromatic N) is 1. The molecule has 0 bridgehead atoms. The number of amides is 2. The number of imide groups is 1. The summed E-state index contributed by atoms with van der Waals surface area (Å²) in [4.78, 5) is 62.4. The van der Waals surface area contributed by atoms with Gasteiger partial charge in [0.1, 0.15) is 11.6 Å². The second-order valence-electron chi connectivity index (χ2n) is 8.30. The molecule has 0 saturated heterocycles. The third-order valence-corrected chi connectivity index (χ3v) is 5.99. The predicted octanol–water partition coefficient (Wildman–Crippen LogP) is 3.84. The van der Waals surface area contributed by atoms with Crippen molar-refractivity contribution >= 4 is 29.2 Å². The summed E-state index contributed by atoms with van der Waals surface area (Å²) < 4.78 is 0. The Bertz CT molecular complexity index is 872. The van der Waals surface area contributed by atoms with Gasteiger partial charge in [-0.3, -0.25) is 28.9 Å². The SMILES string of the molecule is CCCCCCCC(=O)CCc1ccc2c(c1)C(=O)N(C1CCC(=O)CC1=O)C2=O. The zero-order valence-corrected chi connectivity index (χ0v) is 17.6. The molecule has 160 valence electrons. The lowest BCUT2D eigenvalue weighted by Gasteiger charge is -2.27. The second kappa shape index (κ2) is 9.92. The summed E-state index contributed by atoms with van der Waals surface area (Å²) >= 11 is 0. The Hall–Kier alpha value is -2.63. The predicted molar refractivity (Wildman–Crippen MR) is 111 cm³/mol. The van der Waals surface area contributed by atoms with E-state index in [0.29, 0.717) is 19.3 Å². The molecule has 1 fully saturated rings. The number of benzene rings is 1. The average Bonchev–Trinajstić information content (AvgIpc) is 2.96. The quantitative estimate of drug-likeness (QED) is 0.332. The number of aryl methyl sites for hydroxylation is 1.